The second-order valence-electron chi connectivity index (χ2n) is 7.59. The summed E-state index contributed by atoms with van der Waals surface area (Å²) in [5.74, 6) is -1.25. The van der Waals surface area contributed by atoms with Gasteiger partial charge in [0.15, 0.2) is 6.10 Å². The molecule has 1 fully saturated rings. The van der Waals surface area contributed by atoms with Crippen molar-refractivity contribution < 1.29 is 34.0 Å². The number of hydrogen-bond acceptors (Lipinski definition) is 7. The summed E-state index contributed by atoms with van der Waals surface area (Å²) < 4.78 is 16.7. The van der Waals surface area contributed by atoms with E-state index in [2.05, 4.69) is 0 Å². The Bertz CT molecular complexity index is 692. The molecule has 1 heterocycles. The average molecular weight is 409 g/mol. The molecule has 0 bridgehead atoms. The predicted octanol–water partition coefficient (Wildman–Crippen LogP) is 2.00. The summed E-state index contributed by atoms with van der Waals surface area (Å²) in [5.41, 5.74) is 7.23. The minimum atomic E-state index is -1.14. The molecule has 4 N–H and O–H groups in total. The highest BCUT2D eigenvalue weighted by Gasteiger charge is 2.34. The maximum Gasteiger partial charge on any atom is 0.333 e. The number of aryl methyl sites for hydroxylation is 1. The number of benzene rings is 1. The Balaban J connectivity index is 2.16. The number of carbonyl (C=O) groups excluding carboxylic acids is 1. The molecule has 8 nitrogen and oxygen atoms in total. The molecule has 1 aromatic carbocycles. The number of unbranched alkanes of at least 4 members (excludes halogenated alkanes) is 1. The van der Waals surface area contributed by atoms with Gasteiger partial charge in [-0.3, -0.25) is 4.79 Å². The summed E-state index contributed by atoms with van der Waals surface area (Å²) in [6, 6.07) is 5.61. The summed E-state index contributed by atoms with van der Waals surface area (Å²) >= 11 is 0. The Kier molecular flexibility index (Phi) is 8.88. The van der Waals surface area contributed by atoms with Crippen LogP contribution in [0, 0.1) is 5.92 Å². The quantitative estimate of drug-likeness (QED) is 0.395. The molecular weight excluding hydrogens is 378 g/mol. The molecule has 0 amide bonds. The minimum absolute atomic E-state index is 0.0210. The molecule has 29 heavy (non-hydrogen) atoms. The molecule has 1 aromatic rings. The lowest BCUT2D eigenvalue weighted by molar-refractivity contribution is -0.195. The Labute approximate surface area is 170 Å². The average Bonchev–Trinajstić information content (AvgIpc) is 2.66. The van der Waals surface area contributed by atoms with Gasteiger partial charge >= 0.3 is 11.9 Å². The second kappa shape index (κ2) is 11.1. The number of esters is 1. The molecule has 3 atom stereocenters. The number of hydrogen-bond donors (Lipinski definition) is 3. The van der Waals surface area contributed by atoms with Gasteiger partial charge in [0, 0.05) is 18.4 Å². The zero-order chi connectivity index (χ0) is 21.4. The third-order valence-corrected chi connectivity index (χ3v) is 4.69. The van der Waals surface area contributed by atoms with Crippen LogP contribution in [0.3, 0.4) is 0 Å². The number of carbonyl (C=O) groups is 2. The van der Waals surface area contributed by atoms with Crippen molar-refractivity contribution in [2.24, 2.45) is 11.7 Å². The summed E-state index contributed by atoms with van der Waals surface area (Å²) in [7, 11) is 0. The van der Waals surface area contributed by atoms with Gasteiger partial charge in [0.05, 0.1) is 12.0 Å². The fourth-order valence-electron chi connectivity index (χ4n) is 3.01. The first-order chi connectivity index (χ1) is 13.8. The van der Waals surface area contributed by atoms with E-state index in [1.807, 2.05) is 18.2 Å². The van der Waals surface area contributed by atoms with Gasteiger partial charge in [0.2, 0.25) is 6.29 Å². The number of aliphatic carboxylic acids is 1. The number of carboxylic acids is 1. The van der Waals surface area contributed by atoms with Gasteiger partial charge in [0.25, 0.3) is 0 Å². The number of nitrogens with two attached hydrogens (primary N) is 1. The van der Waals surface area contributed by atoms with Crippen LogP contribution < -0.4 is 10.5 Å². The highest BCUT2D eigenvalue weighted by molar-refractivity contribution is 5.72. The standard InChI is InChI=1S/C21H31NO7/c1-13(2)21(26)27-12-15-7-6-14(5-3-4-8-22)9-17(15)28-19-11-16(23)10-18(29-19)20(24)25/h6-7,9,13,16,18-19,23H,3-5,8,10-12,22H2,1-2H3,(H,24,25). The van der Waals surface area contributed by atoms with Crippen molar-refractivity contribution in [2.75, 3.05) is 6.54 Å². The lowest BCUT2D eigenvalue weighted by atomic mass is 10.0. The van der Waals surface area contributed by atoms with Gasteiger partial charge in [-0.05, 0) is 37.4 Å². The number of ether oxygens (including phenoxy) is 3. The fraction of sp³-hybridized carbons (Fsp3) is 0.619. The maximum absolute atomic E-state index is 11.8. The summed E-state index contributed by atoms with van der Waals surface area (Å²) in [4.78, 5) is 23.1. The molecular formula is C21H31NO7. The van der Waals surface area contributed by atoms with Crippen molar-refractivity contribution in [3.63, 3.8) is 0 Å². The van der Waals surface area contributed by atoms with E-state index in [1.165, 1.54) is 0 Å². The number of rotatable bonds is 10. The molecule has 1 aliphatic heterocycles. The molecule has 3 unspecified atom stereocenters. The van der Waals surface area contributed by atoms with E-state index in [0.717, 1.165) is 24.8 Å². The van der Waals surface area contributed by atoms with E-state index < -0.39 is 24.5 Å². The van der Waals surface area contributed by atoms with Crippen LogP contribution in [0.1, 0.15) is 50.7 Å². The maximum atomic E-state index is 11.8. The first-order valence-electron chi connectivity index (χ1n) is 10.0. The van der Waals surface area contributed by atoms with Crippen molar-refractivity contribution in [3.05, 3.63) is 29.3 Å². The zero-order valence-electron chi connectivity index (χ0n) is 17.0. The normalized spacial score (nSPS) is 21.8. The minimum Gasteiger partial charge on any atom is -0.479 e. The monoisotopic (exact) mass is 409 g/mol. The number of aliphatic hydroxyl groups excluding tert-OH is 1. The van der Waals surface area contributed by atoms with Gasteiger partial charge in [-0.25, -0.2) is 4.79 Å². The van der Waals surface area contributed by atoms with Gasteiger partial charge in [-0.1, -0.05) is 26.0 Å². The summed E-state index contributed by atoms with van der Waals surface area (Å²) in [6.07, 6.45) is -0.0350. The summed E-state index contributed by atoms with van der Waals surface area (Å²) in [6.45, 7) is 4.16. The van der Waals surface area contributed by atoms with Crippen molar-refractivity contribution in [2.45, 2.75) is 71.1 Å². The Morgan fingerprint density at radius 3 is 2.69 bits per heavy atom. The van der Waals surface area contributed by atoms with Gasteiger partial charge in [-0.15, -0.1) is 0 Å². The molecule has 0 aromatic heterocycles. The van der Waals surface area contributed by atoms with E-state index >= 15 is 0 Å². The van der Waals surface area contributed by atoms with Crippen LogP contribution in [-0.2, 0) is 32.1 Å². The second-order valence-corrected chi connectivity index (χ2v) is 7.59. The highest BCUT2D eigenvalue weighted by atomic mass is 16.7. The van der Waals surface area contributed by atoms with E-state index in [0.29, 0.717) is 17.9 Å². The van der Waals surface area contributed by atoms with E-state index in [9.17, 15) is 19.8 Å². The van der Waals surface area contributed by atoms with Crippen LogP contribution in [0.25, 0.3) is 0 Å². The SMILES string of the molecule is CC(C)C(=O)OCc1ccc(CCCCN)cc1OC1CC(O)CC(C(=O)O)O1. The molecule has 0 radical (unpaired) electrons. The van der Waals surface area contributed by atoms with E-state index in [-0.39, 0.29) is 31.3 Å². The molecule has 0 saturated carbocycles. The van der Waals surface area contributed by atoms with Crippen LogP contribution in [0.5, 0.6) is 5.75 Å². The topological polar surface area (TPSA) is 128 Å². The molecule has 1 saturated heterocycles. The molecule has 8 heteroatoms. The first-order valence-corrected chi connectivity index (χ1v) is 10.0. The Hall–Kier alpha value is -2.16. The predicted molar refractivity (Wildman–Crippen MR) is 105 cm³/mol. The third-order valence-electron chi connectivity index (χ3n) is 4.69. The number of aliphatic hydroxyl groups is 1. The van der Waals surface area contributed by atoms with Crippen LogP contribution in [0.2, 0.25) is 0 Å². The van der Waals surface area contributed by atoms with Crippen molar-refractivity contribution >= 4 is 11.9 Å². The van der Waals surface area contributed by atoms with Gasteiger partial charge < -0.3 is 30.2 Å². The highest BCUT2D eigenvalue weighted by Crippen LogP contribution is 2.28. The lowest BCUT2D eigenvalue weighted by Gasteiger charge is -2.31. The number of carboxylic acid groups (broad SMARTS) is 1. The lowest BCUT2D eigenvalue weighted by Crippen LogP contribution is -2.42. The Morgan fingerprint density at radius 1 is 1.28 bits per heavy atom. The molecule has 1 aliphatic rings. The molecule has 0 spiro atoms. The van der Waals surface area contributed by atoms with Crippen LogP contribution in [0.4, 0.5) is 0 Å². The molecule has 0 aliphatic carbocycles. The van der Waals surface area contributed by atoms with Crippen LogP contribution in [0.15, 0.2) is 18.2 Å². The van der Waals surface area contributed by atoms with Crippen molar-refractivity contribution in [3.8, 4) is 5.75 Å². The molecule has 162 valence electrons. The van der Waals surface area contributed by atoms with Crippen molar-refractivity contribution in [1.29, 1.82) is 0 Å². The largest absolute Gasteiger partial charge is 0.479 e. The van der Waals surface area contributed by atoms with E-state index in [4.69, 9.17) is 19.9 Å². The van der Waals surface area contributed by atoms with Crippen molar-refractivity contribution in [1.82, 2.24) is 0 Å². The van der Waals surface area contributed by atoms with Gasteiger partial charge in [0.1, 0.15) is 12.4 Å². The molecule has 2 rings (SSSR count). The van der Waals surface area contributed by atoms with Crippen LogP contribution in [-0.4, -0.2) is 47.2 Å². The smallest absolute Gasteiger partial charge is 0.333 e. The zero-order valence-corrected chi connectivity index (χ0v) is 17.0. The Morgan fingerprint density at radius 2 is 2.03 bits per heavy atom. The van der Waals surface area contributed by atoms with Gasteiger partial charge in [-0.2, -0.15) is 0 Å². The van der Waals surface area contributed by atoms with E-state index in [1.54, 1.807) is 13.8 Å². The summed E-state index contributed by atoms with van der Waals surface area (Å²) in [5, 5.41) is 19.2. The third kappa shape index (κ3) is 7.30. The fourth-order valence-corrected chi connectivity index (χ4v) is 3.01. The van der Waals surface area contributed by atoms with Crippen LogP contribution >= 0.6 is 0 Å². The first kappa shape index (κ1) is 23.1.